The van der Waals surface area contributed by atoms with Crippen LogP contribution < -0.4 is 15.4 Å². The van der Waals surface area contributed by atoms with Crippen molar-refractivity contribution in [2.45, 2.75) is 6.36 Å². The second-order valence-electron chi connectivity index (χ2n) is 4.65. The summed E-state index contributed by atoms with van der Waals surface area (Å²) in [6, 6.07) is 5.23. The molecule has 1 heterocycles. The van der Waals surface area contributed by atoms with E-state index >= 15 is 0 Å². The van der Waals surface area contributed by atoms with Crippen molar-refractivity contribution in [2.75, 3.05) is 38.0 Å². The number of ether oxygens (including phenoxy) is 1. The summed E-state index contributed by atoms with van der Waals surface area (Å²) >= 11 is 0. The second-order valence-corrected chi connectivity index (χ2v) is 4.65. The summed E-state index contributed by atoms with van der Waals surface area (Å²) in [4.78, 5) is 13.8. The summed E-state index contributed by atoms with van der Waals surface area (Å²) in [5, 5.41) is 5.74. The average Bonchev–Trinajstić information content (AvgIpc) is 2.38. The van der Waals surface area contributed by atoms with Crippen LogP contribution in [0.2, 0.25) is 0 Å². The van der Waals surface area contributed by atoms with Gasteiger partial charge < -0.3 is 15.4 Å². The molecule has 0 aromatic heterocycles. The lowest BCUT2D eigenvalue weighted by Gasteiger charge is -2.26. The highest BCUT2D eigenvalue weighted by Gasteiger charge is 2.31. The van der Waals surface area contributed by atoms with E-state index in [0.717, 1.165) is 32.2 Å². The van der Waals surface area contributed by atoms with E-state index in [-0.39, 0.29) is 23.9 Å². The predicted molar refractivity (Wildman–Crippen MR) is 71.1 cm³/mol. The number of hydrogen-bond donors (Lipinski definition) is 2. The van der Waals surface area contributed by atoms with Crippen molar-refractivity contribution in [1.29, 1.82) is 0 Å². The number of halogens is 3. The van der Waals surface area contributed by atoms with Crippen molar-refractivity contribution in [3.8, 4) is 5.75 Å². The normalized spacial score (nSPS) is 16.5. The minimum atomic E-state index is -4.75. The van der Waals surface area contributed by atoms with Crippen molar-refractivity contribution in [2.24, 2.45) is 0 Å². The summed E-state index contributed by atoms with van der Waals surface area (Å²) in [7, 11) is 0. The summed E-state index contributed by atoms with van der Waals surface area (Å²) in [6.07, 6.45) is -4.75. The van der Waals surface area contributed by atoms with Gasteiger partial charge in [-0.3, -0.25) is 9.69 Å². The van der Waals surface area contributed by atoms with Crippen molar-refractivity contribution in [1.82, 2.24) is 10.2 Å². The van der Waals surface area contributed by atoms with E-state index in [1.54, 1.807) is 0 Å². The molecule has 0 unspecified atom stereocenters. The lowest BCUT2D eigenvalue weighted by atomic mass is 10.3. The topological polar surface area (TPSA) is 53.6 Å². The van der Waals surface area contributed by atoms with Crippen LogP contribution in [0, 0.1) is 0 Å². The molecule has 0 spiro atoms. The third-order valence-corrected chi connectivity index (χ3v) is 2.93. The van der Waals surface area contributed by atoms with E-state index in [1.807, 2.05) is 4.90 Å². The fraction of sp³-hybridized carbons (Fsp3) is 0.462. The molecule has 0 aliphatic carbocycles. The van der Waals surface area contributed by atoms with Gasteiger partial charge in [0.1, 0.15) is 5.75 Å². The second kappa shape index (κ2) is 6.77. The van der Waals surface area contributed by atoms with E-state index < -0.39 is 6.36 Å². The van der Waals surface area contributed by atoms with Gasteiger partial charge in [-0.05, 0) is 12.1 Å². The number of nitrogens with zero attached hydrogens (tertiary/aromatic N) is 1. The summed E-state index contributed by atoms with van der Waals surface area (Å²) in [5.41, 5.74) is 0.275. The summed E-state index contributed by atoms with van der Waals surface area (Å²) < 4.78 is 40.2. The number of anilines is 1. The Morgan fingerprint density at radius 1 is 1.33 bits per heavy atom. The molecule has 0 saturated carbocycles. The minimum absolute atomic E-state index is 0.214. The van der Waals surface area contributed by atoms with Crippen LogP contribution in [-0.2, 0) is 4.79 Å². The minimum Gasteiger partial charge on any atom is -0.406 e. The van der Waals surface area contributed by atoms with Gasteiger partial charge in [-0.25, -0.2) is 0 Å². The highest BCUT2D eigenvalue weighted by Crippen LogP contribution is 2.24. The molecule has 21 heavy (non-hydrogen) atoms. The zero-order valence-electron chi connectivity index (χ0n) is 11.2. The molecular formula is C13H16F3N3O2. The number of amides is 1. The molecule has 0 bridgehead atoms. The lowest BCUT2D eigenvalue weighted by molar-refractivity contribution is -0.274. The first-order valence-electron chi connectivity index (χ1n) is 6.51. The Labute approximate surface area is 120 Å². The van der Waals surface area contributed by atoms with Crippen LogP contribution in [-0.4, -0.2) is 49.9 Å². The van der Waals surface area contributed by atoms with Gasteiger partial charge in [0.2, 0.25) is 5.91 Å². The molecule has 2 rings (SSSR count). The van der Waals surface area contributed by atoms with Gasteiger partial charge in [-0.1, -0.05) is 6.07 Å². The zero-order valence-corrected chi connectivity index (χ0v) is 11.2. The van der Waals surface area contributed by atoms with Crippen LogP contribution in [0.1, 0.15) is 0 Å². The monoisotopic (exact) mass is 303 g/mol. The van der Waals surface area contributed by atoms with Crippen LogP contribution >= 0.6 is 0 Å². The van der Waals surface area contributed by atoms with Crippen molar-refractivity contribution < 1.29 is 22.7 Å². The number of benzene rings is 1. The Morgan fingerprint density at radius 3 is 2.71 bits per heavy atom. The molecule has 1 aliphatic heterocycles. The van der Waals surface area contributed by atoms with Crippen LogP contribution in [0.25, 0.3) is 0 Å². The molecule has 0 radical (unpaired) electrons. The molecule has 0 atom stereocenters. The summed E-state index contributed by atoms with van der Waals surface area (Å²) in [6.45, 7) is 3.39. The molecule has 1 amide bonds. The third-order valence-electron chi connectivity index (χ3n) is 2.93. The predicted octanol–water partition coefficient (Wildman–Crippen LogP) is 1.43. The zero-order chi connectivity index (χ0) is 15.3. The SMILES string of the molecule is O=C(CN1CCNCC1)Nc1cccc(OC(F)(F)F)c1. The van der Waals surface area contributed by atoms with Gasteiger partial charge in [0.15, 0.2) is 0 Å². The maximum absolute atomic E-state index is 12.1. The molecule has 1 aromatic carbocycles. The average molecular weight is 303 g/mol. The first-order valence-corrected chi connectivity index (χ1v) is 6.51. The quantitative estimate of drug-likeness (QED) is 0.883. The molecule has 1 fully saturated rings. The first kappa shape index (κ1) is 15.6. The molecule has 2 N–H and O–H groups in total. The van der Waals surface area contributed by atoms with Gasteiger partial charge in [-0.15, -0.1) is 13.2 Å². The number of carbonyl (C=O) groups excluding carboxylic acids is 1. The molecule has 1 saturated heterocycles. The van der Waals surface area contributed by atoms with Crippen LogP contribution in [0.3, 0.4) is 0 Å². The number of nitrogens with one attached hydrogen (secondary N) is 2. The fourth-order valence-corrected chi connectivity index (χ4v) is 2.04. The maximum atomic E-state index is 12.1. The van der Waals surface area contributed by atoms with Crippen molar-refractivity contribution in [3.63, 3.8) is 0 Å². The fourth-order valence-electron chi connectivity index (χ4n) is 2.04. The Balaban J connectivity index is 1.89. The van der Waals surface area contributed by atoms with Gasteiger partial charge in [0.05, 0.1) is 6.54 Å². The van der Waals surface area contributed by atoms with E-state index in [1.165, 1.54) is 18.2 Å². The van der Waals surface area contributed by atoms with E-state index in [0.29, 0.717) is 0 Å². The number of piperazine rings is 1. The highest BCUT2D eigenvalue weighted by molar-refractivity contribution is 5.92. The number of alkyl halides is 3. The van der Waals surface area contributed by atoms with Gasteiger partial charge >= 0.3 is 6.36 Å². The number of rotatable bonds is 4. The summed E-state index contributed by atoms with van der Waals surface area (Å²) in [5.74, 6) is -0.622. The van der Waals surface area contributed by atoms with Crippen molar-refractivity contribution >= 4 is 11.6 Å². The molecule has 1 aliphatic rings. The molecule has 1 aromatic rings. The largest absolute Gasteiger partial charge is 0.573 e. The van der Waals surface area contributed by atoms with Gasteiger partial charge in [0.25, 0.3) is 0 Å². The van der Waals surface area contributed by atoms with Crippen LogP contribution in [0.5, 0.6) is 5.75 Å². The lowest BCUT2D eigenvalue weighted by Crippen LogP contribution is -2.46. The third kappa shape index (κ3) is 5.60. The Hall–Kier alpha value is -1.80. The van der Waals surface area contributed by atoms with Crippen molar-refractivity contribution in [3.05, 3.63) is 24.3 Å². The van der Waals surface area contributed by atoms with Crippen LogP contribution in [0.15, 0.2) is 24.3 Å². The van der Waals surface area contributed by atoms with Gasteiger partial charge in [0, 0.05) is 37.9 Å². The highest BCUT2D eigenvalue weighted by atomic mass is 19.4. The van der Waals surface area contributed by atoms with Gasteiger partial charge in [-0.2, -0.15) is 0 Å². The van der Waals surface area contributed by atoms with Crippen LogP contribution in [0.4, 0.5) is 18.9 Å². The maximum Gasteiger partial charge on any atom is 0.573 e. The molecule has 116 valence electrons. The molecule has 5 nitrogen and oxygen atoms in total. The smallest absolute Gasteiger partial charge is 0.406 e. The Bertz CT molecular complexity index is 488. The molecular weight excluding hydrogens is 287 g/mol. The first-order chi connectivity index (χ1) is 9.92. The number of hydrogen-bond acceptors (Lipinski definition) is 4. The standard InChI is InChI=1S/C13H16F3N3O2/c14-13(15,16)21-11-3-1-2-10(8-11)18-12(20)9-19-6-4-17-5-7-19/h1-3,8,17H,4-7,9H2,(H,18,20). The Morgan fingerprint density at radius 2 is 2.05 bits per heavy atom. The Kier molecular flexibility index (Phi) is 5.03. The number of carbonyl (C=O) groups is 1. The van der Waals surface area contributed by atoms with E-state index in [4.69, 9.17) is 0 Å². The molecule has 8 heteroatoms. The van der Waals surface area contributed by atoms with E-state index in [9.17, 15) is 18.0 Å². The van der Waals surface area contributed by atoms with E-state index in [2.05, 4.69) is 15.4 Å².